The number of methoxy groups -OCH3 is 1. The lowest BCUT2D eigenvalue weighted by molar-refractivity contribution is 0.162. The molecule has 1 aliphatic heterocycles. The Hall–Kier alpha value is -1.07. The normalized spacial score (nSPS) is 26.1. The van der Waals surface area contributed by atoms with Crippen LogP contribution in [0, 0.1) is 0 Å². The van der Waals surface area contributed by atoms with E-state index in [1.165, 1.54) is 0 Å². The number of imidazole rings is 1. The number of nitrogens with zero attached hydrogens (tertiary/aromatic N) is 2. The first kappa shape index (κ1) is 12.4. The quantitative estimate of drug-likeness (QED) is 0.849. The molecule has 1 N–H and O–H groups in total. The van der Waals surface area contributed by atoms with Gasteiger partial charge in [0.25, 0.3) is 0 Å². The van der Waals surface area contributed by atoms with Gasteiger partial charge in [-0.3, -0.25) is 0 Å². The molecule has 1 aromatic heterocycles. The molecule has 0 saturated carbocycles. The smallest absolute Gasteiger partial charge is 0.203 e. The van der Waals surface area contributed by atoms with E-state index in [-0.39, 0.29) is 11.6 Å². The molecule has 0 bridgehead atoms. The second-order valence-electron chi connectivity index (χ2n) is 4.95. The van der Waals surface area contributed by atoms with Gasteiger partial charge in [-0.1, -0.05) is 0 Å². The predicted octanol–water partition coefficient (Wildman–Crippen LogP) is 1.68. The van der Waals surface area contributed by atoms with Crippen molar-refractivity contribution in [3.8, 4) is 0 Å². The molecule has 1 aliphatic rings. The molecule has 2 rings (SSSR count). The van der Waals surface area contributed by atoms with E-state index >= 15 is 0 Å². The highest BCUT2D eigenvalue weighted by Crippen LogP contribution is 2.24. The van der Waals surface area contributed by atoms with Gasteiger partial charge in [0.1, 0.15) is 0 Å². The van der Waals surface area contributed by atoms with Gasteiger partial charge in [-0.25, -0.2) is 4.98 Å². The molecule has 0 spiro atoms. The molecule has 0 aromatic carbocycles. The first-order valence-corrected chi connectivity index (χ1v) is 6.02. The molecule has 0 aliphatic carbocycles. The molecule has 5 nitrogen and oxygen atoms in total. The maximum absolute atomic E-state index is 5.43. The molecule has 0 radical (unpaired) electrons. The number of hydrogen-bond acceptors (Lipinski definition) is 4. The predicted molar refractivity (Wildman–Crippen MR) is 66.3 cm³/mol. The number of aromatic nitrogens is 2. The molecule has 1 saturated heterocycles. The maximum atomic E-state index is 5.43. The van der Waals surface area contributed by atoms with Crippen molar-refractivity contribution >= 4 is 5.95 Å². The Morgan fingerprint density at radius 1 is 1.71 bits per heavy atom. The van der Waals surface area contributed by atoms with Crippen LogP contribution in [0.5, 0.6) is 0 Å². The van der Waals surface area contributed by atoms with Gasteiger partial charge in [0.15, 0.2) is 0 Å². The number of rotatable bonds is 5. The minimum absolute atomic E-state index is 0.00407. The van der Waals surface area contributed by atoms with Crippen LogP contribution in [0.25, 0.3) is 0 Å². The van der Waals surface area contributed by atoms with Crippen LogP contribution in [0.4, 0.5) is 5.95 Å². The molecule has 2 unspecified atom stereocenters. The van der Waals surface area contributed by atoms with Crippen LogP contribution in [0.15, 0.2) is 12.4 Å². The first-order chi connectivity index (χ1) is 8.14. The van der Waals surface area contributed by atoms with Crippen LogP contribution in [0.3, 0.4) is 0 Å². The summed E-state index contributed by atoms with van der Waals surface area (Å²) in [6.45, 7) is 6.51. The molecule has 2 heterocycles. The fourth-order valence-electron chi connectivity index (χ4n) is 2.12. The molecular weight excluding hydrogens is 218 g/mol. The summed E-state index contributed by atoms with van der Waals surface area (Å²) < 4.78 is 12.7. The van der Waals surface area contributed by atoms with E-state index in [0.29, 0.717) is 6.61 Å². The Morgan fingerprint density at radius 2 is 2.53 bits per heavy atom. The van der Waals surface area contributed by atoms with Crippen molar-refractivity contribution in [1.29, 1.82) is 0 Å². The van der Waals surface area contributed by atoms with E-state index in [4.69, 9.17) is 9.47 Å². The average molecular weight is 239 g/mol. The van der Waals surface area contributed by atoms with Gasteiger partial charge >= 0.3 is 0 Å². The van der Waals surface area contributed by atoms with Gasteiger partial charge in [-0.15, -0.1) is 0 Å². The largest absolute Gasteiger partial charge is 0.383 e. The number of ether oxygens (including phenoxy) is 2. The highest BCUT2D eigenvalue weighted by atomic mass is 16.5. The highest BCUT2D eigenvalue weighted by Gasteiger charge is 2.30. The van der Waals surface area contributed by atoms with E-state index in [0.717, 1.165) is 25.6 Å². The molecule has 5 heteroatoms. The van der Waals surface area contributed by atoms with Crippen LogP contribution in [-0.4, -0.2) is 42.0 Å². The van der Waals surface area contributed by atoms with E-state index < -0.39 is 0 Å². The third-order valence-corrected chi connectivity index (χ3v) is 3.18. The van der Waals surface area contributed by atoms with Crippen molar-refractivity contribution in [2.45, 2.75) is 31.8 Å². The Bertz CT molecular complexity index is 358. The van der Waals surface area contributed by atoms with E-state index in [1.807, 2.05) is 12.4 Å². The summed E-state index contributed by atoms with van der Waals surface area (Å²) in [4.78, 5) is 4.37. The molecule has 2 atom stereocenters. The lowest BCUT2D eigenvalue weighted by atomic mass is 10.0. The van der Waals surface area contributed by atoms with Crippen LogP contribution in [0.1, 0.15) is 26.3 Å². The maximum Gasteiger partial charge on any atom is 0.203 e. The summed E-state index contributed by atoms with van der Waals surface area (Å²) in [7, 11) is 1.71. The van der Waals surface area contributed by atoms with Crippen LogP contribution < -0.4 is 5.32 Å². The minimum atomic E-state index is -0.00407. The Labute approximate surface area is 102 Å². The zero-order chi connectivity index (χ0) is 12.3. The van der Waals surface area contributed by atoms with Gasteiger partial charge in [-0.05, 0) is 20.3 Å². The summed E-state index contributed by atoms with van der Waals surface area (Å²) >= 11 is 0. The first-order valence-electron chi connectivity index (χ1n) is 6.02. The van der Waals surface area contributed by atoms with Gasteiger partial charge in [-0.2, -0.15) is 0 Å². The Balaban J connectivity index is 2.08. The summed E-state index contributed by atoms with van der Waals surface area (Å²) in [5.74, 6) is 0.891. The molecular formula is C12H21N3O2. The monoisotopic (exact) mass is 239 g/mol. The van der Waals surface area contributed by atoms with Gasteiger partial charge in [0.05, 0.1) is 24.8 Å². The lowest BCUT2D eigenvalue weighted by Crippen LogP contribution is -2.36. The minimum Gasteiger partial charge on any atom is -0.383 e. The number of hydrogen-bond donors (Lipinski definition) is 1. The van der Waals surface area contributed by atoms with E-state index in [1.54, 1.807) is 7.11 Å². The van der Waals surface area contributed by atoms with Crippen molar-refractivity contribution in [1.82, 2.24) is 9.55 Å². The Kier molecular flexibility index (Phi) is 3.69. The third kappa shape index (κ3) is 2.79. The van der Waals surface area contributed by atoms with E-state index in [2.05, 4.69) is 28.7 Å². The average Bonchev–Trinajstić information content (AvgIpc) is 2.88. The molecule has 96 valence electrons. The van der Waals surface area contributed by atoms with Crippen molar-refractivity contribution in [2.75, 3.05) is 32.2 Å². The zero-order valence-electron chi connectivity index (χ0n) is 10.8. The molecule has 1 fully saturated rings. The second kappa shape index (κ2) is 5.06. The van der Waals surface area contributed by atoms with Gasteiger partial charge in [0.2, 0.25) is 5.95 Å². The SMILES string of the molecule is COCC(C)n1ccnc1NC1(C)CCOC1. The summed E-state index contributed by atoms with van der Waals surface area (Å²) in [6, 6.07) is 0.274. The summed E-state index contributed by atoms with van der Waals surface area (Å²) in [6.07, 6.45) is 4.80. The van der Waals surface area contributed by atoms with Gasteiger partial charge < -0.3 is 19.4 Å². The highest BCUT2D eigenvalue weighted by molar-refractivity contribution is 5.31. The standard InChI is InChI=1S/C12H21N3O2/c1-10(8-16-3)15-6-5-13-11(15)14-12(2)4-7-17-9-12/h5-6,10H,4,7-9H2,1-3H3,(H,13,14). The van der Waals surface area contributed by atoms with Crippen molar-refractivity contribution < 1.29 is 9.47 Å². The molecule has 1 aromatic rings. The second-order valence-corrected chi connectivity index (χ2v) is 4.95. The van der Waals surface area contributed by atoms with E-state index in [9.17, 15) is 0 Å². The van der Waals surface area contributed by atoms with Crippen LogP contribution >= 0.6 is 0 Å². The lowest BCUT2D eigenvalue weighted by Gasteiger charge is -2.26. The third-order valence-electron chi connectivity index (χ3n) is 3.18. The summed E-state index contributed by atoms with van der Waals surface area (Å²) in [5.41, 5.74) is -0.00407. The van der Waals surface area contributed by atoms with Crippen molar-refractivity contribution in [2.24, 2.45) is 0 Å². The zero-order valence-corrected chi connectivity index (χ0v) is 10.8. The van der Waals surface area contributed by atoms with Crippen molar-refractivity contribution in [3.63, 3.8) is 0 Å². The summed E-state index contributed by atoms with van der Waals surface area (Å²) in [5, 5.41) is 3.48. The van der Waals surface area contributed by atoms with Crippen molar-refractivity contribution in [3.05, 3.63) is 12.4 Å². The van der Waals surface area contributed by atoms with Gasteiger partial charge in [0, 0.05) is 26.1 Å². The molecule has 0 amide bonds. The van der Waals surface area contributed by atoms with Crippen LogP contribution in [-0.2, 0) is 9.47 Å². The van der Waals surface area contributed by atoms with Crippen LogP contribution in [0.2, 0.25) is 0 Å². The topological polar surface area (TPSA) is 48.3 Å². The number of anilines is 1. The number of nitrogens with one attached hydrogen (secondary N) is 1. The fourth-order valence-corrected chi connectivity index (χ4v) is 2.12. The fraction of sp³-hybridized carbons (Fsp3) is 0.750. The molecule has 17 heavy (non-hydrogen) atoms. The Morgan fingerprint density at radius 3 is 3.18 bits per heavy atom.